The van der Waals surface area contributed by atoms with E-state index in [-0.39, 0.29) is 36.2 Å². The molecule has 0 unspecified atom stereocenters. The molecule has 2 aliphatic carbocycles. The zero-order chi connectivity index (χ0) is 80.9. The standard InChI is InChI=1S/C9H12N2O7P2.C9H23NO7P2.C9H20O6P2.C8H19NO6P2.C7H11NO7P2.C3H11NO7P2/c12-9(19(13,14)15,20(16,17)18)5-7-6-10-8-3-1-2-4-11(7)8;1-3-4-5-7-10(2)8-6-9(11,18(12,13)14)19(15,16)17;10-16(11,12)9(17(13,14)15)7-8-5-3-1-2-4-6-8;10-16(11,12)8(17(13,14)15)9-7-5-3-1-2-4-6-7;9-7(16(10,11)12,17(13,14)15)4-6-2-1-3-8-5-6;4-2-1-3(5,12(6,7)8)13(9,10)11/h1-4,6,12H,5H2,(H2,13,14,15)(H2,16,17,18);11H,3-8H2,1-2H3,(H2,12,13,14)(H2,15,16,17);8-9H,1-7H2,(H2,10,11,12)(H2,13,14,15);7-9H,1-6H2,(H2,10,11,12)(H2,13,14,15);1-3,5,9H,4H2,(H2,10,11,12)(H2,13,14,15);5H,1-2,4H2,(H2,6,7,8)(H2,9,10,11). The minimum Gasteiger partial charge on any atom is -0.367 e. The van der Waals surface area contributed by atoms with Crippen LogP contribution >= 0.6 is 91.1 Å². The molecule has 0 bridgehead atoms. The van der Waals surface area contributed by atoms with Crippen LogP contribution in [-0.2, 0) is 67.6 Å². The normalized spacial score (nSPS) is 16.2. The highest BCUT2D eigenvalue weighted by atomic mass is 31.3. The quantitative estimate of drug-likeness (QED) is 0.0265. The number of aliphatic hydroxyl groups is 4. The second-order valence-corrected chi connectivity index (χ2v) is 47.6. The molecule has 46 nitrogen and oxygen atoms in total. The molecule has 3 aromatic heterocycles. The van der Waals surface area contributed by atoms with Crippen LogP contribution in [0, 0.1) is 5.92 Å². The second kappa shape index (κ2) is 41.2. The Bertz CT molecular complexity index is 3500. The Morgan fingerprint density at radius 1 is 0.495 bits per heavy atom. The van der Waals surface area contributed by atoms with Crippen molar-refractivity contribution in [2.24, 2.45) is 11.7 Å². The van der Waals surface area contributed by atoms with Crippen molar-refractivity contribution in [1.82, 2.24) is 24.6 Å². The Morgan fingerprint density at radius 3 is 1.24 bits per heavy atom. The van der Waals surface area contributed by atoms with Crippen LogP contribution in [0.4, 0.5) is 0 Å². The highest BCUT2D eigenvalue weighted by Crippen LogP contribution is 2.72. The average molecular weight is 1730 g/mol. The number of hydrogen-bond acceptors (Lipinski definition) is 21. The van der Waals surface area contributed by atoms with Crippen molar-refractivity contribution in [3.05, 3.63) is 66.4 Å². The predicted molar refractivity (Wildman–Crippen MR) is 364 cm³/mol. The molecule has 58 heteroatoms. The summed E-state index contributed by atoms with van der Waals surface area (Å²) >= 11 is 0. The molecule has 0 saturated heterocycles. The molecule has 0 atom stereocenters. The van der Waals surface area contributed by atoms with E-state index in [0.29, 0.717) is 25.0 Å². The predicted octanol–water partition coefficient (Wildman–Crippen LogP) is 1.31. The zero-order valence-corrected chi connectivity index (χ0v) is 65.7. The third-order valence-electron chi connectivity index (χ3n) is 15.4. The van der Waals surface area contributed by atoms with Crippen molar-refractivity contribution in [2.45, 2.75) is 173 Å². The largest absolute Gasteiger partial charge is 0.369 e. The van der Waals surface area contributed by atoms with Gasteiger partial charge in [-0.3, -0.25) is 65.1 Å². The molecule has 2 aliphatic rings. The number of pyridine rings is 2. The Balaban J connectivity index is 0.00000122. The highest BCUT2D eigenvalue weighted by Gasteiger charge is 2.62. The van der Waals surface area contributed by atoms with Gasteiger partial charge in [0.15, 0.2) is 5.40 Å². The fourth-order valence-corrected chi connectivity index (χ4v) is 23.2. The van der Waals surface area contributed by atoms with Gasteiger partial charge in [0.2, 0.25) is 5.52 Å². The van der Waals surface area contributed by atoms with Crippen molar-refractivity contribution in [3.63, 3.8) is 0 Å². The fourth-order valence-electron chi connectivity index (χ4n) is 9.50. The van der Waals surface area contributed by atoms with Crippen molar-refractivity contribution in [1.29, 1.82) is 0 Å². The average Bonchev–Trinajstić information content (AvgIpc) is 1.73. The molecular weight excluding hydrogens is 1640 g/mol. The third kappa shape index (κ3) is 32.9. The Labute approximate surface area is 589 Å². The number of nitrogens with two attached hydrogens (primary N) is 1. The molecule has 0 radical (unpaired) electrons. The number of nitrogens with one attached hydrogen (secondary N) is 1. The number of fused-ring (bicyclic) bond motifs is 1. The van der Waals surface area contributed by atoms with Crippen molar-refractivity contribution in [2.75, 3.05) is 26.7 Å². The van der Waals surface area contributed by atoms with Gasteiger partial charge in [-0.2, -0.15) is 0 Å². The molecule has 2 saturated carbocycles. The Hall–Kier alpha value is -0.640. The van der Waals surface area contributed by atoms with Crippen molar-refractivity contribution < 1.29 is 193 Å². The molecule has 103 heavy (non-hydrogen) atoms. The molecule has 2 fully saturated rings. The lowest BCUT2D eigenvalue weighted by Crippen LogP contribution is -2.37. The van der Waals surface area contributed by atoms with Gasteiger partial charge in [0, 0.05) is 68.8 Å². The van der Waals surface area contributed by atoms with Crippen LogP contribution in [0.25, 0.3) is 5.65 Å². The van der Waals surface area contributed by atoms with E-state index in [2.05, 4.69) is 15.3 Å². The number of rotatable bonds is 29. The van der Waals surface area contributed by atoms with Crippen LogP contribution in [-0.4, -0.2) is 221 Å². The minimum absolute atomic E-state index is 0.0164. The first-order valence-corrected chi connectivity index (χ1v) is 49.7. The van der Waals surface area contributed by atoms with E-state index >= 15 is 0 Å². The van der Waals surface area contributed by atoms with E-state index in [1.807, 2.05) is 6.92 Å². The van der Waals surface area contributed by atoms with Crippen molar-refractivity contribution in [3.8, 4) is 0 Å². The summed E-state index contributed by atoms with van der Waals surface area (Å²) in [5, 5.41) is 25.2. The summed E-state index contributed by atoms with van der Waals surface area (Å²) < 4.78 is 134. The molecule has 0 spiro atoms. The number of hydrogen-bond donors (Lipinski definition) is 30. The summed E-state index contributed by atoms with van der Waals surface area (Å²) in [5.74, 6) is 0.0164. The molecule has 0 amide bonds. The topological polar surface area (TPSA) is 843 Å². The first kappa shape index (κ1) is 102. The third-order valence-corrected chi connectivity index (χ3v) is 37.8. The Kier molecular flexibility index (Phi) is 41.0. The summed E-state index contributed by atoms with van der Waals surface area (Å²) in [7, 11) is -60.6. The van der Waals surface area contributed by atoms with Crippen LogP contribution in [0.1, 0.15) is 134 Å². The van der Waals surface area contributed by atoms with Crippen LogP contribution in [0.15, 0.2) is 55.1 Å². The SMILES string of the molecule is CCCCCN(C)CCC(O)(P(=O)(O)O)P(=O)(O)O.NCCC(O)(P(=O)(O)O)P(=O)(O)O.O=P(O)(O)C(CC1CCCCCC1)P(=O)(O)O.O=P(O)(O)C(NC1CCCCCC1)P(=O)(O)O.O=P(O)(O)C(O)(Cc1cccnc1)P(=O)(O)O.O=P(O)(O)C(O)(Cc1cnc2ccccn12)P(=O)(O)O. The first-order valence-electron chi connectivity index (χ1n) is 30.1. The monoisotopic (exact) mass is 1730 g/mol. The van der Waals surface area contributed by atoms with Crippen molar-refractivity contribution >= 4 is 96.8 Å². The summed E-state index contributed by atoms with van der Waals surface area (Å²) in [6.45, 7) is 2.19. The number of nitrogens with zero attached hydrogens (tertiary/aromatic N) is 4. The zero-order valence-electron chi connectivity index (χ0n) is 54.9. The molecule has 31 N–H and O–H groups in total. The summed E-state index contributed by atoms with van der Waals surface area (Å²) in [4.78, 5) is 223. The number of imidazole rings is 1. The molecule has 5 rings (SSSR count). The van der Waals surface area contributed by atoms with Gasteiger partial charge < -0.3 is 153 Å². The van der Waals surface area contributed by atoms with Crippen LogP contribution in [0.5, 0.6) is 0 Å². The van der Waals surface area contributed by atoms with Gasteiger partial charge in [-0.25, -0.2) is 4.98 Å². The first-order chi connectivity index (χ1) is 46.1. The Morgan fingerprint density at radius 2 is 0.893 bits per heavy atom. The maximum absolute atomic E-state index is 11.3. The van der Waals surface area contributed by atoms with E-state index in [1.165, 1.54) is 35.1 Å². The van der Waals surface area contributed by atoms with E-state index in [0.717, 1.165) is 89.7 Å². The van der Waals surface area contributed by atoms with Gasteiger partial charge in [-0.15, -0.1) is 0 Å². The number of aromatic nitrogens is 3. The van der Waals surface area contributed by atoms with Crippen LogP contribution < -0.4 is 11.1 Å². The molecule has 3 heterocycles. The van der Waals surface area contributed by atoms with Gasteiger partial charge >= 0.3 is 91.1 Å². The summed E-state index contributed by atoms with van der Waals surface area (Å²) in [6, 6.07) is 7.38. The van der Waals surface area contributed by atoms with E-state index in [9.17, 15) is 70.1 Å². The van der Waals surface area contributed by atoms with Gasteiger partial charge in [0.05, 0.1) is 0 Å². The van der Waals surface area contributed by atoms with E-state index in [4.69, 9.17) is 128 Å². The second-order valence-electron chi connectivity index (χ2n) is 23.8. The van der Waals surface area contributed by atoms with Gasteiger partial charge in [-0.05, 0) is 75.5 Å². The van der Waals surface area contributed by atoms with E-state index < -0.39 is 155 Å². The van der Waals surface area contributed by atoms with Gasteiger partial charge in [-0.1, -0.05) is 96.1 Å². The summed E-state index contributed by atoms with van der Waals surface area (Å²) in [5.41, 5.74) is 3.37. The molecule has 606 valence electrons. The van der Waals surface area contributed by atoms with Gasteiger partial charge in [0.1, 0.15) is 5.65 Å². The molecule has 0 aliphatic heterocycles. The minimum atomic E-state index is -5.48. The lowest BCUT2D eigenvalue weighted by atomic mass is 9.98. The maximum Gasteiger partial charge on any atom is 0.369 e. The fraction of sp³-hybridized carbons (Fsp3) is 0.733. The van der Waals surface area contributed by atoms with E-state index in [1.54, 1.807) is 30.1 Å². The summed E-state index contributed by atoms with van der Waals surface area (Å²) in [6.07, 6.45) is 15.6. The van der Waals surface area contributed by atoms with Crippen LogP contribution in [0.2, 0.25) is 0 Å². The molecular formula is C45H96N6O40P12. The number of unbranched alkanes of at least 4 members (excludes halogenated alkanes) is 2. The molecule has 0 aromatic carbocycles. The lowest BCUT2D eigenvalue weighted by molar-refractivity contribution is 0.112. The lowest BCUT2D eigenvalue weighted by Gasteiger charge is -2.30. The maximum atomic E-state index is 11.3. The van der Waals surface area contributed by atoms with Crippen LogP contribution in [0.3, 0.4) is 0 Å². The highest BCUT2D eigenvalue weighted by molar-refractivity contribution is 7.74. The van der Waals surface area contributed by atoms with Gasteiger partial charge in [0.25, 0.3) is 20.3 Å². The molecule has 3 aromatic rings. The smallest absolute Gasteiger partial charge is 0.367 e.